The summed E-state index contributed by atoms with van der Waals surface area (Å²) in [5.74, 6) is 0.391. The Labute approximate surface area is 151 Å². The van der Waals surface area contributed by atoms with Crippen molar-refractivity contribution in [1.29, 1.82) is 0 Å². The van der Waals surface area contributed by atoms with E-state index in [1.807, 2.05) is 0 Å². The molecular weight excluding hydrogens is 344 g/mol. The molecule has 3 rings (SSSR count). The number of halogens is 1. The Morgan fingerprint density at radius 2 is 2.08 bits per heavy atom. The zero-order valence-corrected chi connectivity index (χ0v) is 14.7. The van der Waals surface area contributed by atoms with E-state index in [1.165, 1.54) is 4.57 Å². The Hall–Kier alpha value is -2.12. The number of nitrogens with zero attached hydrogens (tertiary/aromatic N) is 1. The summed E-state index contributed by atoms with van der Waals surface area (Å²) in [6, 6.07) is 6.91. The summed E-state index contributed by atoms with van der Waals surface area (Å²) in [6.45, 7) is 2.88. The van der Waals surface area contributed by atoms with Gasteiger partial charge in [-0.25, -0.2) is 4.79 Å². The molecule has 0 saturated carbocycles. The third-order valence-corrected chi connectivity index (χ3v) is 4.45. The van der Waals surface area contributed by atoms with Crippen LogP contribution >= 0.6 is 12.4 Å². The van der Waals surface area contributed by atoms with Crippen LogP contribution in [-0.4, -0.2) is 35.1 Å². The van der Waals surface area contributed by atoms with Crippen molar-refractivity contribution in [1.82, 2.24) is 20.2 Å². The number of para-hydroxylation sites is 1. The zero-order valence-electron chi connectivity index (χ0n) is 13.9. The number of H-pyrrole nitrogens is 1. The third kappa shape index (κ3) is 4.70. The van der Waals surface area contributed by atoms with Gasteiger partial charge in [0.15, 0.2) is 0 Å². The van der Waals surface area contributed by atoms with Crippen LogP contribution in [-0.2, 0) is 11.3 Å². The van der Waals surface area contributed by atoms with Gasteiger partial charge in [0.05, 0.1) is 10.9 Å². The van der Waals surface area contributed by atoms with Crippen molar-refractivity contribution in [3.05, 3.63) is 45.1 Å². The summed E-state index contributed by atoms with van der Waals surface area (Å²) in [5.41, 5.74) is -0.334. The van der Waals surface area contributed by atoms with Crippen LogP contribution in [0.2, 0.25) is 0 Å². The largest absolute Gasteiger partial charge is 0.356 e. The van der Waals surface area contributed by atoms with E-state index in [0.717, 1.165) is 25.9 Å². The van der Waals surface area contributed by atoms with Gasteiger partial charge in [-0.15, -0.1) is 12.4 Å². The van der Waals surface area contributed by atoms with Crippen molar-refractivity contribution in [2.45, 2.75) is 25.8 Å². The highest BCUT2D eigenvalue weighted by molar-refractivity contribution is 5.85. The van der Waals surface area contributed by atoms with E-state index in [2.05, 4.69) is 15.6 Å². The number of rotatable bonds is 5. The molecule has 0 spiro atoms. The standard InChI is InChI=1S/C17H22N4O3.ClH/c22-15(19-11-12-4-3-8-18-10-12)7-9-21-14-6-2-1-5-13(14)16(23)20-17(21)24;/h1-2,5-6,12,18H,3-4,7-11H2,(H,19,22)(H,20,23,24);1H. The van der Waals surface area contributed by atoms with Crippen LogP contribution in [0.1, 0.15) is 19.3 Å². The van der Waals surface area contributed by atoms with Crippen molar-refractivity contribution in [3.8, 4) is 0 Å². The number of fused-ring (bicyclic) bond motifs is 1. The van der Waals surface area contributed by atoms with E-state index >= 15 is 0 Å². The number of amides is 1. The Bertz CT molecular complexity index is 840. The monoisotopic (exact) mass is 366 g/mol. The van der Waals surface area contributed by atoms with Crippen LogP contribution in [0, 0.1) is 5.92 Å². The van der Waals surface area contributed by atoms with Crippen molar-refractivity contribution >= 4 is 29.2 Å². The van der Waals surface area contributed by atoms with E-state index in [9.17, 15) is 14.4 Å². The molecule has 1 fully saturated rings. The van der Waals surface area contributed by atoms with Crippen LogP contribution < -0.4 is 21.9 Å². The van der Waals surface area contributed by atoms with Crippen molar-refractivity contribution < 1.29 is 4.79 Å². The SMILES string of the molecule is Cl.O=C(CCn1c(=O)[nH]c(=O)c2ccccc21)NCC1CCCNC1. The fourth-order valence-corrected chi connectivity index (χ4v) is 3.12. The molecule has 1 aliphatic rings. The van der Waals surface area contributed by atoms with E-state index in [0.29, 0.717) is 23.4 Å². The molecule has 136 valence electrons. The summed E-state index contributed by atoms with van der Waals surface area (Å²) in [4.78, 5) is 38.2. The van der Waals surface area contributed by atoms with Gasteiger partial charge in [0.25, 0.3) is 5.56 Å². The quantitative estimate of drug-likeness (QED) is 0.722. The molecular formula is C17H23ClN4O3. The van der Waals surface area contributed by atoms with Gasteiger partial charge in [-0.2, -0.15) is 0 Å². The van der Waals surface area contributed by atoms with Crippen molar-refractivity contribution in [3.63, 3.8) is 0 Å². The number of piperidine rings is 1. The first-order valence-electron chi connectivity index (χ1n) is 8.34. The first-order chi connectivity index (χ1) is 11.6. The summed E-state index contributed by atoms with van der Waals surface area (Å²) in [5, 5.41) is 6.70. The van der Waals surface area contributed by atoms with Crippen molar-refractivity contribution in [2.24, 2.45) is 5.92 Å². The predicted octanol–water partition coefficient (Wildman–Crippen LogP) is 0.618. The maximum absolute atomic E-state index is 12.1. The van der Waals surface area contributed by atoms with Gasteiger partial charge < -0.3 is 10.6 Å². The van der Waals surface area contributed by atoms with E-state index < -0.39 is 11.2 Å². The molecule has 2 aromatic rings. The summed E-state index contributed by atoms with van der Waals surface area (Å²) < 4.78 is 1.44. The Morgan fingerprint density at radius 3 is 2.84 bits per heavy atom. The molecule has 0 radical (unpaired) electrons. The maximum Gasteiger partial charge on any atom is 0.328 e. The number of hydrogen-bond acceptors (Lipinski definition) is 4. The second kappa shape index (κ2) is 8.82. The predicted molar refractivity (Wildman–Crippen MR) is 99.3 cm³/mol. The zero-order chi connectivity index (χ0) is 16.9. The fraction of sp³-hybridized carbons (Fsp3) is 0.471. The minimum atomic E-state index is -0.483. The third-order valence-electron chi connectivity index (χ3n) is 4.45. The van der Waals surface area contributed by atoms with Gasteiger partial charge in [0, 0.05) is 19.5 Å². The lowest BCUT2D eigenvalue weighted by Gasteiger charge is -2.22. The maximum atomic E-state index is 12.1. The second-order valence-electron chi connectivity index (χ2n) is 6.19. The fourth-order valence-electron chi connectivity index (χ4n) is 3.12. The molecule has 1 atom stereocenters. The molecule has 0 bridgehead atoms. The number of carbonyl (C=O) groups excluding carboxylic acids is 1. The molecule has 1 amide bonds. The molecule has 0 aliphatic carbocycles. The lowest BCUT2D eigenvalue weighted by atomic mass is 10.00. The molecule has 1 saturated heterocycles. The molecule has 2 heterocycles. The van der Waals surface area contributed by atoms with Crippen LogP contribution in [0.25, 0.3) is 10.9 Å². The van der Waals surface area contributed by atoms with Gasteiger partial charge in [0.1, 0.15) is 0 Å². The normalized spacial score (nSPS) is 17.0. The van der Waals surface area contributed by atoms with Crippen molar-refractivity contribution in [2.75, 3.05) is 19.6 Å². The topological polar surface area (TPSA) is 96.0 Å². The van der Waals surface area contributed by atoms with Gasteiger partial charge in [-0.3, -0.25) is 19.1 Å². The minimum Gasteiger partial charge on any atom is -0.356 e. The Kier molecular flexibility index (Phi) is 6.78. The highest BCUT2D eigenvalue weighted by atomic mass is 35.5. The average molecular weight is 367 g/mol. The Morgan fingerprint density at radius 1 is 1.28 bits per heavy atom. The molecule has 1 aromatic heterocycles. The molecule has 3 N–H and O–H groups in total. The number of aryl methyl sites for hydroxylation is 1. The lowest BCUT2D eigenvalue weighted by Crippen LogP contribution is -2.38. The van der Waals surface area contributed by atoms with Gasteiger partial charge >= 0.3 is 5.69 Å². The van der Waals surface area contributed by atoms with Gasteiger partial charge in [0.2, 0.25) is 5.91 Å². The van der Waals surface area contributed by atoms with E-state index in [1.54, 1.807) is 24.3 Å². The molecule has 7 nitrogen and oxygen atoms in total. The highest BCUT2D eigenvalue weighted by Crippen LogP contribution is 2.09. The van der Waals surface area contributed by atoms with Crippen LogP contribution in [0.4, 0.5) is 0 Å². The molecule has 25 heavy (non-hydrogen) atoms. The lowest BCUT2D eigenvalue weighted by molar-refractivity contribution is -0.121. The van der Waals surface area contributed by atoms with Crippen LogP contribution in [0.5, 0.6) is 0 Å². The number of carbonyl (C=O) groups is 1. The average Bonchev–Trinajstić information content (AvgIpc) is 2.60. The number of nitrogens with one attached hydrogen (secondary N) is 3. The molecule has 8 heteroatoms. The summed E-state index contributed by atoms with van der Waals surface area (Å²) in [6.07, 6.45) is 2.46. The van der Waals surface area contributed by atoms with E-state index in [4.69, 9.17) is 0 Å². The number of aromatic amines is 1. The number of aromatic nitrogens is 2. The van der Waals surface area contributed by atoms with E-state index in [-0.39, 0.29) is 31.3 Å². The number of benzene rings is 1. The summed E-state index contributed by atoms with van der Waals surface area (Å²) in [7, 11) is 0. The summed E-state index contributed by atoms with van der Waals surface area (Å²) >= 11 is 0. The number of hydrogen-bond donors (Lipinski definition) is 3. The minimum absolute atomic E-state index is 0. The molecule has 1 unspecified atom stereocenters. The van der Waals surface area contributed by atoms with Gasteiger partial charge in [-0.1, -0.05) is 12.1 Å². The second-order valence-corrected chi connectivity index (χ2v) is 6.19. The van der Waals surface area contributed by atoms with Crippen LogP contribution in [0.15, 0.2) is 33.9 Å². The van der Waals surface area contributed by atoms with Gasteiger partial charge in [-0.05, 0) is 44.0 Å². The first-order valence-corrected chi connectivity index (χ1v) is 8.34. The van der Waals surface area contributed by atoms with Crippen LogP contribution in [0.3, 0.4) is 0 Å². The smallest absolute Gasteiger partial charge is 0.328 e. The molecule has 1 aromatic carbocycles. The molecule has 1 aliphatic heterocycles. The Balaban J connectivity index is 0.00000225. The first kappa shape index (κ1) is 19.2. The highest BCUT2D eigenvalue weighted by Gasteiger charge is 2.14.